The third-order valence-corrected chi connectivity index (χ3v) is 3.97. The largest absolute Gasteiger partial charge is 0.341 e. The zero-order valence-electron chi connectivity index (χ0n) is 14.3. The molecule has 0 atom stereocenters. The van der Waals surface area contributed by atoms with Gasteiger partial charge in [0.15, 0.2) is 0 Å². The molecule has 0 saturated carbocycles. The lowest BCUT2D eigenvalue weighted by atomic mass is 10.0. The Morgan fingerprint density at radius 2 is 1.96 bits per heavy atom. The molecule has 0 radical (unpaired) electrons. The van der Waals surface area contributed by atoms with Crippen LogP contribution >= 0.6 is 0 Å². The van der Waals surface area contributed by atoms with Gasteiger partial charge in [-0.25, -0.2) is 4.68 Å². The molecule has 0 aliphatic rings. The lowest BCUT2D eigenvalue weighted by Crippen LogP contribution is -2.23. The zero-order valence-corrected chi connectivity index (χ0v) is 14.3. The van der Waals surface area contributed by atoms with E-state index in [2.05, 4.69) is 22.4 Å². The maximum Gasteiger partial charge on any atom is 0.255 e. The second-order valence-corrected chi connectivity index (χ2v) is 5.88. The molecule has 124 valence electrons. The van der Waals surface area contributed by atoms with Crippen LogP contribution in [0.2, 0.25) is 0 Å². The van der Waals surface area contributed by atoms with Crippen LogP contribution in [0.15, 0.2) is 54.7 Å². The number of nitrogens with one attached hydrogen (secondary N) is 1. The molecule has 1 heterocycles. The minimum absolute atomic E-state index is 0.182. The van der Waals surface area contributed by atoms with Crippen molar-refractivity contribution in [1.29, 1.82) is 0 Å². The normalized spacial score (nSPS) is 10.3. The maximum atomic E-state index is 12.6. The van der Waals surface area contributed by atoms with Gasteiger partial charge in [0.25, 0.3) is 5.91 Å². The number of hydrogen-bond donors (Lipinski definition) is 1. The van der Waals surface area contributed by atoms with E-state index in [0.717, 1.165) is 16.8 Å². The quantitative estimate of drug-likeness (QED) is 0.745. The number of nitrogens with zero attached hydrogens (tertiary/aromatic N) is 2. The summed E-state index contributed by atoms with van der Waals surface area (Å²) in [5.74, 6) is 2.20. The van der Waals surface area contributed by atoms with E-state index in [1.54, 1.807) is 10.9 Å². The van der Waals surface area contributed by atoms with Crippen molar-refractivity contribution in [3.8, 4) is 29.3 Å². The van der Waals surface area contributed by atoms with Gasteiger partial charge in [0, 0.05) is 11.8 Å². The standard InChI is InChI=1S/C21H19N3O/c1-4-12-22-21(25)19-14-24(17-8-6-5-7-9-17)23-20(19)18-11-10-15(2)13-16(18)3/h1,5-11,13-14H,12H2,2-3H3,(H,22,25). The Labute approximate surface area is 147 Å². The van der Waals surface area contributed by atoms with Crippen molar-refractivity contribution in [2.24, 2.45) is 0 Å². The Hall–Kier alpha value is -3.32. The Bertz CT molecular complexity index is 949. The molecule has 0 unspecified atom stereocenters. The Morgan fingerprint density at radius 1 is 1.20 bits per heavy atom. The molecule has 0 aliphatic carbocycles. The number of carbonyl (C=O) groups is 1. The fourth-order valence-corrected chi connectivity index (χ4v) is 2.76. The van der Waals surface area contributed by atoms with Crippen molar-refractivity contribution in [2.75, 3.05) is 6.54 Å². The molecule has 0 fully saturated rings. The predicted molar refractivity (Wildman–Crippen MR) is 99.6 cm³/mol. The lowest BCUT2D eigenvalue weighted by Gasteiger charge is -2.07. The molecule has 1 N–H and O–H groups in total. The second-order valence-electron chi connectivity index (χ2n) is 5.88. The van der Waals surface area contributed by atoms with E-state index in [1.165, 1.54) is 5.56 Å². The fourth-order valence-electron chi connectivity index (χ4n) is 2.76. The first kappa shape index (κ1) is 16.5. The van der Waals surface area contributed by atoms with Crippen molar-refractivity contribution in [3.05, 3.63) is 71.4 Å². The van der Waals surface area contributed by atoms with Gasteiger partial charge >= 0.3 is 0 Å². The average molecular weight is 329 g/mol. The van der Waals surface area contributed by atoms with Gasteiger partial charge in [0.2, 0.25) is 0 Å². The van der Waals surface area contributed by atoms with Gasteiger partial charge in [0.05, 0.1) is 17.8 Å². The Balaban J connectivity index is 2.13. The molecule has 0 aliphatic heterocycles. The van der Waals surface area contributed by atoms with Crippen LogP contribution in [0.3, 0.4) is 0 Å². The number of terminal acetylenes is 1. The highest BCUT2D eigenvalue weighted by atomic mass is 16.1. The summed E-state index contributed by atoms with van der Waals surface area (Å²) >= 11 is 0. The van der Waals surface area contributed by atoms with E-state index < -0.39 is 0 Å². The van der Waals surface area contributed by atoms with Gasteiger partial charge in [0.1, 0.15) is 5.69 Å². The van der Waals surface area contributed by atoms with Crippen LogP contribution in [-0.4, -0.2) is 22.2 Å². The molecule has 1 aromatic heterocycles. The zero-order chi connectivity index (χ0) is 17.8. The van der Waals surface area contributed by atoms with E-state index in [-0.39, 0.29) is 12.5 Å². The summed E-state index contributed by atoms with van der Waals surface area (Å²) in [4.78, 5) is 12.6. The van der Waals surface area contributed by atoms with Crippen molar-refractivity contribution in [2.45, 2.75) is 13.8 Å². The minimum Gasteiger partial charge on any atom is -0.341 e. The van der Waals surface area contributed by atoms with Crippen molar-refractivity contribution in [3.63, 3.8) is 0 Å². The lowest BCUT2D eigenvalue weighted by molar-refractivity contribution is 0.0959. The molecule has 1 amide bonds. The second kappa shape index (κ2) is 7.06. The number of rotatable bonds is 4. The number of aromatic nitrogens is 2. The summed E-state index contributed by atoms with van der Waals surface area (Å²) in [6.45, 7) is 4.24. The molecule has 4 nitrogen and oxygen atoms in total. The van der Waals surface area contributed by atoms with Crippen LogP contribution in [0.5, 0.6) is 0 Å². The summed E-state index contributed by atoms with van der Waals surface area (Å²) in [5, 5.41) is 7.40. The third-order valence-electron chi connectivity index (χ3n) is 3.97. The number of amides is 1. The molecule has 3 rings (SSSR count). The smallest absolute Gasteiger partial charge is 0.255 e. The molecule has 2 aromatic carbocycles. The van der Waals surface area contributed by atoms with Gasteiger partial charge < -0.3 is 5.32 Å². The van der Waals surface area contributed by atoms with Crippen molar-refractivity contribution >= 4 is 5.91 Å². The summed E-state index contributed by atoms with van der Waals surface area (Å²) in [6.07, 6.45) is 7.00. The SMILES string of the molecule is C#CCNC(=O)c1cn(-c2ccccc2)nc1-c1ccc(C)cc1C. The number of hydrogen-bond acceptors (Lipinski definition) is 2. The molecule has 4 heteroatoms. The summed E-state index contributed by atoms with van der Waals surface area (Å²) < 4.78 is 1.72. The van der Waals surface area contributed by atoms with Crippen molar-refractivity contribution in [1.82, 2.24) is 15.1 Å². The van der Waals surface area contributed by atoms with Crippen LogP contribution in [0.4, 0.5) is 0 Å². The first-order valence-corrected chi connectivity index (χ1v) is 8.04. The highest BCUT2D eigenvalue weighted by Crippen LogP contribution is 2.27. The third kappa shape index (κ3) is 3.46. The van der Waals surface area contributed by atoms with Crippen LogP contribution < -0.4 is 5.32 Å². The first-order chi connectivity index (χ1) is 12.1. The predicted octanol–water partition coefficient (Wildman–Crippen LogP) is 3.52. The molecular formula is C21H19N3O. The molecule has 0 saturated heterocycles. The topological polar surface area (TPSA) is 46.9 Å². The van der Waals surface area contributed by atoms with Crippen molar-refractivity contribution < 1.29 is 4.79 Å². The fraction of sp³-hybridized carbons (Fsp3) is 0.143. The van der Waals surface area contributed by atoms with E-state index >= 15 is 0 Å². The van der Waals surface area contributed by atoms with E-state index in [0.29, 0.717) is 11.3 Å². The van der Waals surface area contributed by atoms with Crippen LogP contribution in [0, 0.1) is 26.2 Å². The monoisotopic (exact) mass is 329 g/mol. The Kier molecular flexibility index (Phi) is 4.67. The first-order valence-electron chi connectivity index (χ1n) is 8.04. The number of carbonyl (C=O) groups excluding carboxylic acids is 1. The molecular weight excluding hydrogens is 310 g/mol. The van der Waals surface area contributed by atoms with E-state index in [1.807, 2.05) is 56.3 Å². The van der Waals surface area contributed by atoms with E-state index in [9.17, 15) is 4.79 Å². The summed E-state index contributed by atoms with van der Waals surface area (Å²) in [6, 6.07) is 15.8. The number of para-hydroxylation sites is 1. The molecule has 25 heavy (non-hydrogen) atoms. The average Bonchev–Trinajstić information content (AvgIpc) is 3.05. The van der Waals surface area contributed by atoms with Crippen LogP contribution in [0.1, 0.15) is 21.5 Å². The minimum atomic E-state index is -0.227. The van der Waals surface area contributed by atoms with Gasteiger partial charge in [-0.15, -0.1) is 6.42 Å². The van der Waals surface area contributed by atoms with Crippen LogP contribution in [-0.2, 0) is 0 Å². The van der Waals surface area contributed by atoms with Gasteiger partial charge in [-0.1, -0.05) is 47.9 Å². The van der Waals surface area contributed by atoms with Gasteiger partial charge in [-0.2, -0.15) is 5.10 Å². The number of aryl methyl sites for hydroxylation is 2. The van der Waals surface area contributed by atoms with E-state index in [4.69, 9.17) is 6.42 Å². The highest BCUT2D eigenvalue weighted by Gasteiger charge is 2.19. The molecule has 3 aromatic rings. The molecule has 0 spiro atoms. The molecule has 0 bridgehead atoms. The number of benzene rings is 2. The summed E-state index contributed by atoms with van der Waals surface area (Å²) in [5.41, 5.74) is 5.23. The van der Waals surface area contributed by atoms with Gasteiger partial charge in [-0.05, 0) is 31.5 Å². The van der Waals surface area contributed by atoms with Crippen LogP contribution in [0.25, 0.3) is 16.9 Å². The highest BCUT2D eigenvalue weighted by molar-refractivity contribution is 6.00. The Morgan fingerprint density at radius 3 is 2.64 bits per heavy atom. The maximum absolute atomic E-state index is 12.6. The summed E-state index contributed by atoms with van der Waals surface area (Å²) in [7, 11) is 0. The van der Waals surface area contributed by atoms with Gasteiger partial charge in [-0.3, -0.25) is 4.79 Å².